The van der Waals surface area contributed by atoms with Gasteiger partial charge < -0.3 is 13.9 Å². The summed E-state index contributed by atoms with van der Waals surface area (Å²) in [5, 5.41) is 0. The predicted molar refractivity (Wildman–Crippen MR) is 220 cm³/mol. The molecular weight excluding hydrogens is 646 g/mol. The van der Waals surface area contributed by atoms with Gasteiger partial charge in [-0.25, -0.2) is 4.89 Å². The monoisotopic (exact) mass is 726 g/mol. The molecule has 0 spiro atoms. The molecular formula is C42H80NO4PS. The Labute approximate surface area is 310 Å². The SMILES string of the molecule is CCCCC/C=C\C/C=C\CCCCCCCCC(CCCCCCCC/C=C\C/C=C\CCCCC)OP(=S)(OCCN(C)C)OOC. The maximum atomic E-state index is 6.42. The van der Waals surface area contributed by atoms with Crippen LogP contribution in [0.15, 0.2) is 48.6 Å². The summed E-state index contributed by atoms with van der Waals surface area (Å²) in [6, 6.07) is 0. The third-order valence-electron chi connectivity index (χ3n) is 8.69. The van der Waals surface area contributed by atoms with Crippen molar-refractivity contribution < 1.29 is 18.6 Å². The van der Waals surface area contributed by atoms with Crippen LogP contribution in [-0.2, 0) is 30.4 Å². The third kappa shape index (κ3) is 37.0. The Morgan fingerprint density at radius 1 is 0.551 bits per heavy atom. The van der Waals surface area contributed by atoms with E-state index in [0.29, 0.717) is 6.61 Å². The van der Waals surface area contributed by atoms with Crippen molar-refractivity contribution in [3.63, 3.8) is 0 Å². The van der Waals surface area contributed by atoms with E-state index in [1.54, 1.807) is 0 Å². The fraction of sp³-hybridized carbons (Fsp3) is 0.810. The number of allylic oxidation sites excluding steroid dienone is 8. The first kappa shape index (κ1) is 48.4. The van der Waals surface area contributed by atoms with Crippen LogP contribution in [0.1, 0.15) is 181 Å². The Balaban J connectivity index is 4.35. The van der Waals surface area contributed by atoms with Gasteiger partial charge in [-0.3, -0.25) is 0 Å². The molecule has 0 saturated carbocycles. The highest BCUT2D eigenvalue weighted by Gasteiger charge is 2.27. The summed E-state index contributed by atoms with van der Waals surface area (Å²) in [7, 11) is 5.52. The van der Waals surface area contributed by atoms with Crippen LogP contribution in [0.25, 0.3) is 0 Å². The van der Waals surface area contributed by atoms with Crippen molar-refractivity contribution in [1.29, 1.82) is 0 Å². The molecule has 0 heterocycles. The van der Waals surface area contributed by atoms with E-state index in [4.69, 9.17) is 30.4 Å². The molecule has 7 heteroatoms. The Bertz CT molecular complexity index is 797. The molecule has 0 aromatic carbocycles. The van der Waals surface area contributed by atoms with Crippen LogP contribution in [0, 0.1) is 0 Å². The van der Waals surface area contributed by atoms with Crippen molar-refractivity contribution in [3.05, 3.63) is 48.6 Å². The van der Waals surface area contributed by atoms with Gasteiger partial charge in [-0.05, 0) is 103 Å². The molecule has 288 valence electrons. The minimum absolute atomic E-state index is 0.0528. The quantitative estimate of drug-likeness (QED) is 0.0207. The first-order valence-corrected chi connectivity index (χ1v) is 22.9. The zero-order chi connectivity index (χ0) is 35.9. The number of nitrogens with zero attached hydrogens (tertiary/aromatic N) is 1. The van der Waals surface area contributed by atoms with E-state index in [0.717, 1.165) is 45.1 Å². The van der Waals surface area contributed by atoms with Crippen molar-refractivity contribution in [1.82, 2.24) is 4.90 Å². The van der Waals surface area contributed by atoms with E-state index >= 15 is 0 Å². The van der Waals surface area contributed by atoms with Crippen LogP contribution in [-0.4, -0.2) is 45.4 Å². The van der Waals surface area contributed by atoms with Crippen molar-refractivity contribution in [2.75, 3.05) is 34.4 Å². The minimum Gasteiger partial charge on any atom is -0.307 e. The van der Waals surface area contributed by atoms with Crippen LogP contribution in [0.5, 0.6) is 0 Å². The van der Waals surface area contributed by atoms with Crippen molar-refractivity contribution >= 4 is 18.5 Å². The molecule has 0 fully saturated rings. The van der Waals surface area contributed by atoms with E-state index in [9.17, 15) is 0 Å². The van der Waals surface area contributed by atoms with Gasteiger partial charge >= 0.3 is 6.72 Å². The van der Waals surface area contributed by atoms with Gasteiger partial charge in [0.05, 0.1) is 19.8 Å². The Kier molecular flexibility index (Phi) is 38.2. The first-order valence-electron chi connectivity index (χ1n) is 20.4. The highest BCUT2D eigenvalue weighted by Crippen LogP contribution is 2.52. The number of rotatable bonds is 38. The third-order valence-corrected chi connectivity index (χ3v) is 10.8. The van der Waals surface area contributed by atoms with Crippen LogP contribution in [0.2, 0.25) is 0 Å². The lowest BCUT2D eigenvalue weighted by molar-refractivity contribution is -0.194. The lowest BCUT2D eigenvalue weighted by atomic mass is 10.0. The van der Waals surface area contributed by atoms with Gasteiger partial charge in [-0.15, -0.1) is 4.67 Å². The summed E-state index contributed by atoms with van der Waals surface area (Å²) in [6.45, 7) is 2.80. The fourth-order valence-corrected chi connectivity index (χ4v) is 7.62. The van der Waals surface area contributed by atoms with Gasteiger partial charge in [0.1, 0.15) is 0 Å². The Morgan fingerprint density at radius 3 is 1.33 bits per heavy atom. The fourth-order valence-electron chi connectivity index (χ4n) is 5.65. The summed E-state index contributed by atoms with van der Waals surface area (Å²) < 4.78 is 17.8. The highest BCUT2D eigenvalue weighted by atomic mass is 32.5. The van der Waals surface area contributed by atoms with Crippen LogP contribution >= 0.6 is 6.72 Å². The molecule has 1 unspecified atom stereocenters. The van der Waals surface area contributed by atoms with Gasteiger partial charge in [0.25, 0.3) is 0 Å². The highest BCUT2D eigenvalue weighted by molar-refractivity contribution is 8.07. The van der Waals surface area contributed by atoms with E-state index in [1.165, 1.54) is 136 Å². The van der Waals surface area contributed by atoms with E-state index in [-0.39, 0.29) is 6.10 Å². The summed E-state index contributed by atoms with van der Waals surface area (Å²) in [5.41, 5.74) is 0. The van der Waals surface area contributed by atoms with Gasteiger partial charge in [-0.1, -0.05) is 152 Å². The van der Waals surface area contributed by atoms with E-state index in [2.05, 4.69) is 67.4 Å². The zero-order valence-corrected chi connectivity index (χ0v) is 34.6. The van der Waals surface area contributed by atoms with Crippen molar-refractivity contribution in [2.45, 2.75) is 187 Å². The van der Waals surface area contributed by atoms with Crippen LogP contribution in [0.4, 0.5) is 0 Å². The molecule has 5 nitrogen and oxygen atoms in total. The average molecular weight is 726 g/mol. The Hall–Kier alpha value is -0.590. The van der Waals surface area contributed by atoms with Crippen LogP contribution in [0.3, 0.4) is 0 Å². The molecule has 0 aliphatic heterocycles. The molecule has 0 rings (SSSR count). The summed E-state index contributed by atoms with van der Waals surface area (Å²) in [6.07, 6.45) is 50.8. The number of likely N-dealkylation sites (N-methyl/N-ethyl adjacent to an activating group) is 1. The van der Waals surface area contributed by atoms with Crippen molar-refractivity contribution in [3.8, 4) is 0 Å². The largest absolute Gasteiger partial charge is 0.355 e. The summed E-state index contributed by atoms with van der Waals surface area (Å²) in [5.74, 6) is 0. The first-order chi connectivity index (χ1) is 24.0. The molecule has 0 bridgehead atoms. The molecule has 0 aliphatic carbocycles. The molecule has 49 heavy (non-hydrogen) atoms. The van der Waals surface area contributed by atoms with Gasteiger partial charge in [-0.2, -0.15) is 0 Å². The maximum absolute atomic E-state index is 6.42. The second-order valence-electron chi connectivity index (χ2n) is 13.8. The topological polar surface area (TPSA) is 40.2 Å². The summed E-state index contributed by atoms with van der Waals surface area (Å²) in [4.78, 5) is 7.07. The van der Waals surface area contributed by atoms with Crippen LogP contribution < -0.4 is 0 Å². The second-order valence-corrected chi connectivity index (χ2v) is 16.7. The molecule has 0 radical (unpaired) electrons. The zero-order valence-electron chi connectivity index (χ0n) is 32.9. The molecule has 0 aliphatic rings. The minimum atomic E-state index is -2.95. The second kappa shape index (κ2) is 38.6. The van der Waals surface area contributed by atoms with E-state index < -0.39 is 6.72 Å². The molecule has 0 aromatic rings. The number of unbranched alkanes of at least 4 members (excludes halogenated alkanes) is 18. The number of hydrogen-bond acceptors (Lipinski definition) is 6. The average Bonchev–Trinajstić information content (AvgIpc) is 3.07. The van der Waals surface area contributed by atoms with Crippen molar-refractivity contribution in [2.24, 2.45) is 0 Å². The standard InChI is InChI=1S/C42H80NO4PS/c1-6-8-10-12-14-16-18-20-22-24-26-28-30-32-34-36-38-42(46-48(49,47-44-5)45-41-40-43(3)4)39-37-35-33-31-29-27-25-23-21-19-17-15-13-11-9-7-2/h14-17,20-23,42H,6-13,18-19,24-41H2,1-5H3/b16-14-,17-15-,22-20-,23-21-. The molecule has 0 N–H and O–H groups in total. The Morgan fingerprint density at radius 2 is 0.939 bits per heavy atom. The molecule has 0 amide bonds. The lowest BCUT2D eigenvalue weighted by Crippen LogP contribution is -2.19. The number of hydrogen-bond donors (Lipinski definition) is 0. The summed E-state index contributed by atoms with van der Waals surface area (Å²) >= 11 is 5.74. The molecule has 0 aromatic heterocycles. The smallest absolute Gasteiger partial charge is 0.307 e. The normalized spacial score (nSPS) is 13.9. The van der Waals surface area contributed by atoms with E-state index in [1.807, 2.05) is 14.1 Å². The maximum Gasteiger partial charge on any atom is 0.355 e. The van der Waals surface area contributed by atoms with Gasteiger partial charge in [0, 0.05) is 6.54 Å². The predicted octanol–water partition coefficient (Wildman–Crippen LogP) is 14.2. The van der Waals surface area contributed by atoms with Gasteiger partial charge in [0.15, 0.2) is 0 Å². The molecule has 0 saturated heterocycles. The molecule has 1 atom stereocenters. The lowest BCUT2D eigenvalue weighted by Gasteiger charge is -2.26. The van der Waals surface area contributed by atoms with Gasteiger partial charge in [0.2, 0.25) is 0 Å².